The zero-order valence-corrected chi connectivity index (χ0v) is 22.7. The van der Waals surface area contributed by atoms with Gasteiger partial charge in [-0.25, -0.2) is 9.79 Å². The van der Waals surface area contributed by atoms with Crippen LogP contribution < -0.4 is 9.47 Å². The van der Waals surface area contributed by atoms with Gasteiger partial charge < -0.3 is 14.2 Å². The number of hydrogen-bond acceptors (Lipinski definition) is 7. The number of carbonyl (C=O) groups is 2. The van der Waals surface area contributed by atoms with Crippen molar-refractivity contribution in [3.8, 4) is 11.5 Å². The topological polar surface area (TPSA) is 77.4 Å². The van der Waals surface area contributed by atoms with E-state index in [0.29, 0.717) is 39.2 Å². The van der Waals surface area contributed by atoms with Crippen LogP contribution >= 0.6 is 27.7 Å². The molecule has 35 heavy (non-hydrogen) atoms. The SMILES string of the molecule is CCOC(=O)COc1c(Br)cc(/C=C2/SC(=Nc3ccccc3CC)N(CC)C2=O)cc1OCC. The lowest BCUT2D eigenvalue weighted by atomic mass is 10.1. The molecule has 3 rings (SSSR count). The highest BCUT2D eigenvalue weighted by molar-refractivity contribution is 9.10. The highest BCUT2D eigenvalue weighted by Gasteiger charge is 2.32. The molecule has 1 fully saturated rings. The Morgan fingerprint density at radius 3 is 2.57 bits per heavy atom. The van der Waals surface area contributed by atoms with Gasteiger partial charge in [-0.2, -0.15) is 0 Å². The number of esters is 1. The summed E-state index contributed by atoms with van der Waals surface area (Å²) in [4.78, 5) is 31.9. The van der Waals surface area contributed by atoms with Gasteiger partial charge in [0.2, 0.25) is 0 Å². The first-order chi connectivity index (χ1) is 16.9. The number of halogens is 1. The van der Waals surface area contributed by atoms with E-state index in [0.717, 1.165) is 23.2 Å². The van der Waals surface area contributed by atoms with Crippen molar-refractivity contribution in [2.45, 2.75) is 34.1 Å². The van der Waals surface area contributed by atoms with Crippen molar-refractivity contribution in [3.05, 3.63) is 56.9 Å². The first kappa shape index (κ1) is 26.8. The Morgan fingerprint density at radius 1 is 1.11 bits per heavy atom. The maximum atomic E-state index is 13.1. The van der Waals surface area contributed by atoms with Gasteiger partial charge in [-0.1, -0.05) is 25.1 Å². The minimum absolute atomic E-state index is 0.0954. The number of likely N-dealkylation sites (N-methyl/N-ethyl adjacent to an activating group) is 1. The molecule has 0 unspecified atom stereocenters. The van der Waals surface area contributed by atoms with Gasteiger partial charge in [0.15, 0.2) is 23.3 Å². The number of rotatable bonds is 10. The molecule has 1 saturated heterocycles. The van der Waals surface area contributed by atoms with Crippen molar-refractivity contribution < 1.29 is 23.8 Å². The Labute approximate surface area is 218 Å². The van der Waals surface area contributed by atoms with Crippen LogP contribution in [0.5, 0.6) is 11.5 Å². The fourth-order valence-corrected chi connectivity index (χ4v) is 5.08. The Kier molecular flexibility index (Phi) is 9.80. The van der Waals surface area contributed by atoms with Gasteiger partial charge in [0.05, 0.1) is 28.3 Å². The van der Waals surface area contributed by atoms with E-state index in [1.165, 1.54) is 11.8 Å². The summed E-state index contributed by atoms with van der Waals surface area (Å²) in [7, 11) is 0. The van der Waals surface area contributed by atoms with Gasteiger partial charge in [-0.05, 0) is 90.3 Å². The van der Waals surface area contributed by atoms with E-state index in [2.05, 4.69) is 22.9 Å². The number of amides is 1. The highest BCUT2D eigenvalue weighted by Crippen LogP contribution is 2.40. The van der Waals surface area contributed by atoms with Crippen LogP contribution in [0.4, 0.5) is 5.69 Å². The second kappa shape index (κ2) is 12.8. The van der Waals surface area contributed by atoms with Crippen LogP contribution in [0.25, 0.3) is 6.08 Å². The maximum Gasteiger partial charge on any atom is 0.344 e. The highest BCUT2D eigenvalue weighted by atomic mass is 79.9. The number of thioether (sulfide) groups is 1. The average molecular weight is 561 g/mol. The molecule has 0 spiro atoms. The van der Waals surface area contributed by atoms with Gasteiger partial charge in [-0.15, -0.1) is 0 Å². The minimum Gasteiger partial charge on any atom is -0.490 e. The lowest BCUT2D eigenvalue weighted by molar-refractivity contribution is -0.145. The number of carbonyl (C=O) groups excluding carboxylic acids is 2. The largest absolute Gasteiger partial charge is 0.490 e. The van der Waals surface area contributed by atoms with Gasteiger partial charge in [0, 0.05) is 6.54 Å². The second-order valence-electron chi connectivity index (χ2n) is 7.39. The van der Waals surface area contributed by atoms with E-state index in [4.69, 9.17) is 19.2 Å². The molecule has 0 aromatic heterocycles. The summed E-state index contributed by atoms with van der Waals surface area (Å²) in [5.41, 5.74) is 2.76. The zero-order chi connectivity index (χ0) is 25.4. The molecule has 0 atom stereocenters. The summed E-state index contributed by atoms with van der Waals surface area (Å²) < 4.78 is 16.9. The number of aliphatic imine (C=N–C) groups is 1. The average Bonchev–Trinajstić information content (AvgIpc) is 3.12. The molecule has 9 heteroatoms. The van der Waals surface area contributed by atoms with Crippen molar-refractivity contribution in [2.75, 3.05) is 26.4 Å². The van der Waals surface area contributed by atoms with E-state index in [1.54, 1.807) is 17.9 Å². The standard InChI is InChI=1S/C26H29BrN2O5S/c1-5-18-11-9-10-12-20(18)28-26-29(6-2)25(31)22(35-26)15-17-13-19(27)24(21(14-17)32-7-3)34-16-23(30)33-8-4/h9-15H,5-8,16H2,1-4H3/b22-15+,28-26?. The van der Waals surface area contributed by atoms with Crippen LogP contribution in [0.1, 0.15) is 38.8 Å². The smallest absolute Gasteiger partial charge is 0.344 e. The van der Waals surface area contributed by atoms with Crippen LogP contribution in [0.15, 0.2) is 50.8 Å². The summed E-state index contributed by atoms with van der Waals surface area (Å²) in [5.74, 6) is 0.312. The monoisotopic (exact) mass is 560 g/mol. The third-order valence-electron chi connectivity index (χ3n) is 5.06. The summed E-state index contributed by atoms with van der Waals surface area (Å²) in [5, 5.41) is 0.656. The van der Waals surface area contributed by atoms with Crippen LogP contribution in [0.3, 0.4) is 0 Å². The Bertz CT molecular complexity index is 1150. The number of hydrogen-bond donors (Lipinski definition) is 0. The van der Waals surface area contributed by atoms with E-state index in [1.807, 2.05) is 50.3 Å². The predicted molar refractivity (Wildman–Crippen MR) is 143 cm³/mol. The van der Waals surface area contributed by atoms with E-state index in [9.17, 15) is 9.59 Å². The molecule has 2 aromatic carbocycles. The number of ether oxygens (including phenoxy) is 3. The van der Waals surface area contributed by atoms with E-state index >= 15 is 0 Å². The summed E-state index contributed by atoms with van der Waals surface area (Å²) >= 11 is 4.86. The van der Waals surface area contributed by atoms with E-state index in [-0.39, 0.29) is 19.1 Å². The molecule has 0 bridgehead atoms. The Balaban J connectivity index is 1.92. The van der Waals surface area contributed by atoms with Crippen molar-refractivity contribution in [1.82, 2.24) is 4.90 Å². The third kappa shape index (κ3) is 6.67. The van der Waals surface area contributed by atoms with Crippen molar-refractivity contribution in [1.29, 1.82) is 0 Å². The first-order valence-electron chi connectivity index (χ1n) is 11.5. The van der Waals surface area contributed by atoms with Gasteiger partial charge in [0.1, 0.15) is 0 Å². The molecule has 7 nitrogen and oxygen atoms in total. The van der Waals surface area contributed by atoms with E-state index < -0.39 is 5.97 Å². The van der Waals surface area contributed by atoms with Gasteiger partial charge in [0.25, 0.3) is 5.91 Å². The van der Waals surface area contributed by atoms with Crippen molar-refractivity contribution >= 4 is 56.5 Å². The van der Waals surface area contributed by atoms with Crippen LogP contribution in [0, 0.1) is 0 Å². The van der Waals surface area contributed by atoms with Crippen LogP contribution in [-0.2, 0) is 20.7 Å². The molecule has 1 aliphatic rings. The lowest BCUT2D eigenvalue weighted by Crippen LogP contribution is -2.28. The fraction of sp³-hybridized carbons (Fsp3) is 0.346. The summed E-state index contributed by atoms with van der Waals surface area (Å²) in [6.07, 6.45) is 2.67. The minimum atomic E-state index is -0.461. The quantitative estimate of drug-likeness (QED) is 0.263. The van der Waals surface area contributed by atoms with Crippen LogP contribution in [0.2, 0.25) is 0 Å². The van der Waals surface area contributed by atoms with Gasteiger partial charge in [-0.3, -0.25) is 9.69 Å². The number of aryl methyl sites for hydroxylation is 1. The van der Waals surface area contributed by atoms with Crippen LogP contribution in [-0.4, -0.2) is 48.3 Å². The first-order valence-corrected chi connectivity index (χ1v) is 13.1. The molecule has 1 amide bonds. The molecule has 1 aliphatic heterocycles. The molecule has 0 N–H and O–H groups in total. The summed E-state index contributed by atoms with van der Waals surface area (Å²) in [6, 6.07) is 11.6. The molecule has 0 saturated carbocycles. The third-order valence-corrected chi connectivity index (χ3v) is 6.66. The number of nitrogens with zero attached hydrogens (tertiary/aromatic N) is 2. The number of benzene rings is 2. The zero-order valence-electron chi connectivity index (χ0n) is 20.3. The molecule has 186 valence electrons. The normalized spacial score (nSPS) is 15.7. The lowest BCUT2D eigenvalue weighted by Gasteiger charge is -2.14. The van der Waals surface area contributed by atoms with Crippen molar-refractivity contribution in [2.24, 2.45) is 4.99 Å². The molecule has 1 heterocycles. The molecule has 0 radical (unpaired) electrons. The summed E-state index contributed by atoms with van der Waals surface area (Å²) in [6.45, 7) is 8.60. The van der Waals surface area contributed by atoms with Gasteiger partial charge >= 0.3 is 5.97 Å². The fourth-order valence-electron chi connectivity index (χ4n) is 3.45. The molecule has 0 aliphatic carbocycles. The predicted octanol–water partition coefficient (Wildman–Crippen LogP) is 5.98. The molecule has 2 aromatic rings. The molecular formula is C26H29BrN2O5S. The van der Waals surface area contributed by atoms with Crippen molar-refractivity contribution in [3.63, 3.8) is 0 Å². The Hall–Kier alpha value is -2.78. The Morgan fingerprint density at radius 2 is 1.89 bits per heavy atom. The number of amidine groups is 1. The second-order valence-corrected chi connectivity index (χ2v) is 9.26. The maximum absolute atomic E-state index is 13.1. The number of para-hydroxylation sites is 1. The molecular weight excluding hydrogens is 532 g/mol.